The predicted octanol–water partition coefficient (Wildman–Crippen LogP) is 7.16. The van der Waals surface area contributed by atoms with Gasteiger partial charge in [-0.15, -0.1) is 0 Å². The molecule has 47 heavy (non-hydrogen) atoms. The number of anilines is 2. The number of rotatable bonds is 4. The van der Waals surface area contributed by atoms with E-state index in [2.05, 4.69) is 15.5 Å². The summed E-state index contributed by atoms with van der Waals surface area (Å²) >= 11 is 17.7. The number of hydrogen-bond donors (Lipinski definition) is 2. The lowest BCUT2D eigenvalue weighted by Crippen LogP contribution is -2.15. The van der Waals surface area contributed by atoms with E-state index in [9.17, 15) is 36.4 Å². The average Bonchev–Trinajstić information content (AvgIpc) is 3.51. The summed E-state index contributed by atoms with van der Waals surface area (Å²) in [7, 11) is 0. The molecule has 0 aliphatic rings. The number of carbonyl (C=O) groups is 1. The van der Waals surface area contributed by atoms with Gasteiger partial charge in [0.1, 0.15) is 46.9 Å². The second-order valence-electron chi connectivity index (χ2n) is 8.80. The number of nitrogen functional groups attached to an aromatic ring is 1. The minimum Gasteiger partial charge on any atom is -0.382 e. The molecule has 3 N–H and O–H groups in total. The monoisotopic (exact) mass is 712 g/mol. The van der Waals surface area contributed by atoms with Crippen LogP contribution in [0, 0.1) is 45.3 Å². The van der Waals surface area contributed by atoms with Crippen molar-refractivity contribution in [2.24, 2.45) is 0 Å². The first-order chi connectivity index (χ1) is 21.9. The number of nitriles is 4. The molecule has 1 amide bonds. The smallest absolute Gasteiger partial charge is 0.382 e. The predicted molar refractivity (Wildman–Crippen MR) is 154 cm³/mol. The van der Waals surface area contributed by atoms with Crippen LogP contribution in [0.15, 0.2) is 30.3 Å². The molecular weight excluding hydrogens is 701 g/mol. The lowest BCUT2D eigenvalue weighted by atomic mass is 10.2. The van der Waals surface area contributed by atoms with Crippen LogP contribution < -0.4 is 11.1 Å². The Morgan fingerprint density at radius 1 is 0.809 bits per heavy atom. The second kappa shape index (κ2) is 13.9. The topological polar surface area (TPSA) is 186 Å². The van der Waals surface area contributed by atoms with Gasteiger partial charge in [0.2, 0.25) is 5.91 Å². The molecule has 0 bridgehead atoms. The lowest BCUT2D eigenvalue weighted by Gasteiger charge is -2.14. The Balaban J connectivity index is 0.000000261. The third-order valence-electron chi connectivity index (χ3n) is 5.88. The molecule has 0 aliphatic heterocycles. The third-order valence-corrected chi connectivity index (χ3v) is 6.76. The summed E-state index contributed by atoms with van der Waals surface area (Å²) in [6.07, 6.45) is -9.16. The van der Waals surface area contributed by atoms with Gasteiger partial charge in [-0.2, -0.15) is 57.6 Å². The molecular formula is C27H13Cl3F6N10O. The zero-order chi connectivity index (χ0) is 35.4. The van der Waals surface area contributed by atoms with Crippen molar-refractivity contribution in [3.05, 3.63) is 79.0 Å². The largest absolute Gasteiger partial charge is 0.416 e. The summed E-state index contributed by atoms with van der Waals surface area (Å²) in [4.78, 5) is 11.7. The number of alkyl halides is 6. The molecule has 0 saturated heterocycles. The number of nitrogens with two attached hydrogens (primary N) is 1. The standard InChI is InChI=1S/C15H8Cl2F3N5O.C12H5ClF3N5/c1-2-12(26)23-14-8(5-21)11(6-22)24-25(14)13-9(16)3-7(4-10(13)17)15(18,19)20;13-8-3-6(12(14,15)16)1-2-10(8)21-11(19)7(4-17)9(5-18)20-21/h3-4H,2H2,1H3,(H,23,26);1-3H,19H2. The summed E-state index contributed by atoms with van der Waals surface area (Å²) in [6.45, 7) is 1.55. The van der Waals surface area contributed by atoms with E-state index in [0.717, 1.165) is 27.6 Å². The number of nitrogens with zero attached hydrogens (tertiary/aromatic N) is 8. The number of benzene rings is 2. The molecule has 0 spiro atoms. The normalized spacial score (nSPS) is 10.9. The number of halogens is 9. The number of amides is 1. The molecule has 11 nitrogen and oxygen atoms in total. The summed E-state index contributed by atoms with van der Waals surface area (Å²) < 4.78 is 78.2. The molecule has 0 saturated carbocycles. The number of nitrogens with one attached hydrogen (secondary N) is 1. The number of hydrogen-bond acceptors (Lipinski definition) is 8. The molecule has 0 unspecified atom stereocenters. The highest BCUT2D eigenvalue weighted by Crippen LogP contribution is 2.39. The van der Waals surface area contributed by atoms with Crippen molar-refractivity contribution >= 4 is 52.3 Å². The Hall–Kier alpha value is -5.46. The van der Waals surface area contributed by atoms with Gasteiger partial charge >= 0.3 is 12.4 Å². The lowest BCUT2D eigenvalue weighted by molar-refractivity contribution is -0.138. The van der Waals surface area contributed by atoms with E-state index < -0.39 is 39.4 Å². The van der Waals surface area contributed by atoms with Crippen LogP contribution in [0.3, 0.4) is 0 Å². The maximum atomic E-state index is 12.9. The molecule has 0 fully saturated rings. The van der Waals surface area contributed by atoms with Crippen molar-refractivity contribution in [3.8, 4) is 35.7 Å². The second-order valence-corrected chi connectivity index (χ2v) is 10.0. The molecule has 20 heteroatoms. The van der Waals surface area contributed by atoms with Gasteiger partial charge in [-0.1, -0.05) is 41.7 Å². The van der Waals surface area contributed by atoms with Crippen molar-refractivity contribution in [2.75, 3.05) is 11.1 Å². The average molecular weight is 714 g/mol. The highest BCUT2D eigenvalue weighted by atomic mass is 35.5. The van der Waals surface area contributed by atoms with Crippen molar-refractivity contribution < 1.29 is 31.1 Å². The molecule has 240 valence electrons. The van der Waals surface area contributed by atoms with Crippen LogP contribution in [0.25, 0.3) is 11.4 Å². The van der Waals surface area contributed by atoms with Crippen LogP contribution in [0.4, 0.5) is 38.0 Å². The van der Waals surface area contributed by atoms with Crippen molar-refractivity contribution in [1.29, 1.82) is 21.0 Å². The van der Waals surface area contributed by atoms with Crippen LogP contribution in [0.2, 0.25) is 15.1 Å². The fourth-order valence-corrected chi connectivity index (χ4v) is 4.60. The zero-order valence-electron chi connectivity index (χ0n) is 23.1. The Morgan fingerprint density at radius 2 is 1.30 bits per heavy atom. The van der Waals surface area contributed by atoms with E-state index in [4.69, 9.17) is 56.3 Å². The molecule has 0 atom stereocenters. The summed E-state index contributed by atoms with van der Waals surface area (Å²) in [5, 5.41) is 45.0. The minimum atomic E-state index is -4.68. The fraction of sp³-hybridized carbons (Fsp3) is 0.148. The highest BCUT2D eigenvalue weighted by Gasteiger charge is 2.34. The molecule has 2 aromatic heterocycles. The molecule has 2 heterocycles. The molecule has 2 aromatic carbocycles. The first kappa shape index (κ1) is 36.0. The quantitative estimate of drug-likeness (QED) is 0.209. The van der Waals surface area contributed by atoms with Gasteiger partial charge in [0, 0.05) is 6.42 Å². The Morgan fingerprint density at radius 3 is 1.72 bits per heavy atom. The Labute approximate surface area is 275 Å². The van der Waals surface area contributed by atoms with E-state index >= 15 is 0 Å². The van der Waals surface area contributed by atoms with Crippen LogP contribution >= 0.6 is 34.8 Å². The van der Waals surface area contributed by atoms with Gasteiger partial charge in [-0.25, -0.2) is 9.36 Å². The van der Waals surface area contributed by atoms with E-state index in [1.807, 2.05) is 0 Å². The van der Waals surface area contributed by atoms with Crippen molar-refractivity contribution in [1.82, 2.24) is 19.6 Å². The van der Waals surface area contributed by atoms with Gasteiger partial charge < -0.3 is 11.1 Å². The minimum absolute atomic E-state index is 0.0418. The van der Waals surface area contributed by atoms with Gasteiger partial charge in [0.05, 0.1) is 31.9 Å². The first-order valence-corrected chi connectivity index (χ1v) is 13.4. The van der Waals surface area contributed by atoms with Crippen LogP contribution in [0.1, 0.15) is 47.0 Å². The molecule has 0 aliphatic carbocycles. The van der Waals surface area contributed by atoms with E-state index in [1.165, 1.54) is 0 Å². The summed E-state index contributed by atoms with van der Waals surface area (Å²) in [5.74, 6) is -0.888. The third kappa shape index (κ3) is 7.51. The van der Waals surface area contributed by atoms with E-state index in [0.29, 0.717) is 12.1 Å². The van der Waals surface area contributed by atoms with E-state index in [1.54, 1.807) is 31.2 Å². The Bertz CT molecular complexity index is 2030. The van der Waals surface area contributed by atoms with Gasteiger partial charge in [0.15, 0.2) is 17.2 Å². The van der Waals surface area contributed by atoms with Crippen molar-refractivity contribution in [2.45, 2.75) is 25.7 Å². The van der Waals surface area contributed by atoms with Gasteiger partial charge in [-0.3, -0.25) is 4.79 Å². The first-order valence-electron chi connectivity index (χ1n) is 12.3. The van der Waals surface area contributed by atoms with Crippen molar-refractivity contribution in [3.63, 3.8) is 0 Å². The summed E-state index contributed by atoms with van der Waals surface area (Å²) in [5.41, 5.74) is 2.50. The Kier molecular flexibility index (Phi) is 10.6. The van der Waals surface area contributed by atoms with Crippen LogP contribution in [0.5, 0.6) is 0 Å². The molecule has 0 radical (unpaired) electrons. The fourth-order valence-electron chi connectivity index (χ4n) is 3.69. The van der Waals surface area contributed by atoms with E-state index in [-0.39, 0.29) is 57.0 Å². The van der Waals surface area contributed by atoms with Gasteiger partial charge in [-0.05, 0) is 30.3 Å². The van der Waals surface area contributed by atoms with Crippen LogP contribution in [-0.2, 0) is 17.1 Å². The zero-order valence-corrected chi connectivity index (χ0v) is 25.3. The maximum Gasteiger partial charge on any atom is 0.416 e. The number of aromatic nitrogens is 4. The SMILES string of the molecule is CCC(=O)Nc1c(C#N)c(C#N)nn1-c1c(Cl)cc(C(F)(F)F)cc1Cl.N#Cc1nn(-c2ccc(C(F)(F)F)cc2Cl)c(N)c1C#N. The highest BCUT2D eigenvalue weighted by molar-refractivity contribution is 6.38. The number of carbonyl (C=O) groups excluding carboxylic acids is 1. The maximum absolute atomic E-state index is 12.9. The summed E-state index contributed by atoms with van der Waals surface area (Å²) in [6, 6.07) is 10.6. The molecule has 4 rings (SSSR count). The van der Waals surface area contributed by atoms with Crippen LogP contribution in [-0.4, -0.2) is 25.5 Å². The molecule has 4 aromatic rings. The van der Waals surface area contributed by atoms with Gasteiger partial charge in [0.25, 0.3) is 0 Å².